The van der Waals surface area contributed by atoms with Crippen molar-refractivity contribution in [2.45, 2.75) is 32.2 Å². The van der Waals surface area contributed by atoms with Gasteiger partial charge in [0.15, 0.2) is 0 Å². The summed E-state index contributed by atoms with van der Waals surface area (Å²) in [4.78, 5) is 18.3. The number of nitrogens with zero attached hydrogens (tertiary/aromatic N) is 2. The van der Waals surface area contributed by atoms with Gasteiger partial charge in [-0.2, -0.15) is 0 Å². The molecule has 0 aliphatic carbocycles. The molecule has 0 spiro atoms. The van der Waals surface area contributed by atoms with E-state index in [1.807, 2.05) is 23.2 Å². The molecule has 1 saturated heterocycles. The lowest BCUT2D eigenvalue weighted by molar-refractivity contribution is -0.134. The minimum atomic E-state index is 0.271. The maximum Gasteiger partial charge on any atom is 0.223 e. The molecule has 1 aliphatic rings. The highest BCUT2D eigenvalue weighted by molar-refractivity contribution is 5.77. The zero-order valence-corrected chi connectivity index (χ0v) is 10.9. The summed E-state index contributed by atoms with van der Waals surface area (Å²) < 4.78 is 0. The Kier molecular flexibility index (Phi) is 4.70. The van der Waals surface area contributed by atoms with Crippen LogP contribution >= 0.6 is 0 Å². The van der Waals surface area contributed by atoms with Crippen molar-refractivity contribution in [3.05, 3.63) is 30.1 Å². The van der Waals surface area contributed by atoms with Crippen molar-refractivity contribution in [2.75, 3.05) is 19.6 Å². The number of rotatable bonds is 6. The van der Waals surface area contributed by atoms with Crippen molar-refractivity contribution < 1.29 is 4.79 Å². The molecular weight excluding hydrogens is 226 g/mol. The average Bonchev–Trinajstić information content (AvgIpc) is 2.34. The van der Waals surface area contributed by atoms with Gasteiger partial charge in [0.1, 0.15) is 0 Å². The van der Waals surface area contributed by atoms with Gasteiger partial charge in [0, 0.05) is 38.4 Å². The third kappa shape index (κ3) is 3.29. The van der Waals surface area contributed by atoms with Gasteiger partial charge in [-0.15, -0.1) is 0 Å². The SMILES string of the molecule is CCCN(C(=O)CCc1cccnc1)C1CNC1. The predicted octanol–water partition coefficient (Wildman–Crippen LogP) is 1.22. The van der Waals surface area contributed by atoms with Crippen molar-refractivity contribution in [3.8, 4) is 0 Å². The first-order valence-electron chi connectivity index (χ1n) is 6.70. The maximum atomic E-state index is 12.2. The molecule has 0 radical (unpaired) electrons. The first kappa shape index (κ1) is 13.0. The number of nitrogens with one attached hydrogen (secondary N) is 1. The van der Waals surface area contributed by atoms with E-state index in [-0.39, 0.29) is 5.91 Å². The summed E-state index contributed by atoms with van der Waals surface area (Å²) in [5.74, 6) is 0.271. The summed E-state index contributed by atoms with van der Waals surface area (Å²) in [7, 11) is 0. The van der Waals surface area contributed by atoms with Crippen LogP contribution in [0.2, 0.25) is 0 Å². The Bertz CT molecular complexity index is 376. The van der Waals surface area contributed by atoms with E-state index in [9.17, 15) is 4.79 Å². The van der Waals surface area contributed by atoms with Crippen LogP contribution in [-0.2, 0) is 11.2 Å². The van der Waals surface area contributed by atoms with Gasteiger partial charge in [0.05, 0.1) is 6.04 Å². The largest absolute Gasteiger partial charge is 0.337 e. The number of carbonyl (C=O) groups excluding carboxylic acids is 1. The first-order valence-corrected chi connectivity index (χ1v) is 6.70. The second-order valence-electron chi connectivity index (χ2n) is 4.76. The molecule has 0 saturated carbocycles. The summed E-state index contributed by atoms with van der Waals surface area (Å²) in [6.07, 6.45) is 5.99. The number of aryl methyl sites for hydroxylation is 1. The monoisotopic (exact) mass is 247 g/mol. The van der Waals surface area contributed by atoms with E-state index in [0.717, 1.165) is 38.0 Å². The molecule has 1 fully saturated rings. The molecule has 1 aliphatic heterocycles. The lowest BCUT2D eigenvalue weighted by Gasteiger charge is -2.38. The molecule has 2 rings (SSSR count). The lowest BCUT2D eigenvalue weighted by Crippen LogP contribution is -2.59. The van der Waals surface area contributed by atoms with Crippen LogP contribution in [-0.4, -0.2) is 41.5 Å². The number of hydrogen-bond donors (Lipinski definition) is 1. The fourth-order valence-corrected chi connectivity index (χ4v) is 2.19. The third-order valence-corrected chi connectivity index (χ3v) is 3.34. The summed E-state index contributed by atoms with van der Waals surface area (Å²) in [6.45, 7) is 4.88. The molecule has 1 amide bonds. The molecule has 98 valence electrons. The van der Waals surface area contributed by atoms with Crippen molar-refractivity contribution in [1.82, 2.24) is 15.2 Å². The zero-order valence-electron chi connectivity index (χ0n) is 10.9. The molecular formula is C14H21N3O. The number of pyridine rings is 1. The molecule has 18 heavy (non-hydrogen) atoms. The van der Waals surface area contributed by atoms with Gasteiger partial charge >= 0.3 is 0 Å². The van der Waals surface area contributed by atoms with E-state index in [1.54, 1.807) is 6.20 Å². The van der Waals surface area contributed by atoms with Gasteiger partial charge in [0.25, 0.3) is 0 Å². The van der Waals surface area contributed by atoms with E-state index in [4.69, 9.17) is 0 Å². The minimum Gasteiger partial charge on any atom is -0.337 e. The molecule has 4 heteroatoms. The first-order chi connectivity index (χ1) is 8.81. The van der Waals surface area contributed by atoms with Crippen LogP contribution in [0, 0.1) is 0 Å². The Labute approximate surface area is 108 Å². The van der Waals surface area contributed by atoms with Gasteiger partial charge in [0.2, 0.25) is 5.91 Å². The second kappa shape index (κ2) is 6.50. The fraction of sp³-hybridized carbons (Fsp3) is 0.571. The zero-order chi connectivity index (χ0) is 12.8. The molecule has 4 nitrogen and oxygen atoms in total. The molecule has 0 aromatic carbocycles. The Morgan fingerprint density at radius 3 is 2.94 bits per heavy atom. The van der Waals surface area contributed by atoms with Crippen LogP contribution in [0.25, 0.3) is 0 Å². The van der Waals surface area contributed by atoms with E-state index < -0.39 is 0 Å². The standard InChI is InChI=1S/C14H21N3O/c1-2-8-17(13-10-16-11-13)14(18)6-5-12-4-3-7-15-9-12/h3-4,7,9,13,16H,2,5-6,8,10-11H2,1H3. The Hall–Kier alpha value is -1.42. The minimum absolute atomic E-state index is 0.271. The van der Waals surface area contributed by atoms with Crippen LogP contribution in [0.4, 0.5) is 0 Å². The molecule has 0 bridgehead atoms. The molecule has 0 unspecified atom stereocenters. The summed E-state index contributed by atoms with van der Waals surface area (Å²) in [5, 5.41) is 3.22. The van der Waals surface area contributed by atoms with Gasteiger partial charge in [-0.1, -0.05) is 13.0 Å². The van der Waals surface area contributed by atoms with Gasteiger partial charge in [-0.05, 0) is 24.5 Å². The molecule has 1 aromatic rings. The topological polar surface area (TPSA) is 45.2 Å². The molecule has 0 atom stereocenters. The number of carbonyl (C=O) groups is 1. The van der Waals surface area contributed by atoms with Crippen LogP contribution in [0.5, 0.6) is 0 Å². The van der Waals surface area contributed by atoms with Gasteiger partial charge in [-0.25, -0.2) is 0 Å². The second-order valence-corrected chi connectivity index (χ2v) is 4.76. The number of amides is 1. The van der Waals surface area contributed by atoms with Crippen LogP contribution in [0.1, 0.15) is 25.3 Å². The van der Waals surface area contributed by atoms with Crippen LogP contribution in [0.15, 0.2) is 24.5 Å². The quantitative estimate of drug-likeness (QED) is 0.822. The van der Waals surface area contributed by atoms with E-state index in [2.05, 4.69) is 17.2 Å². The summed E-state index contributed by atoms with van der Waals surface area (Å²) >= 11 is 0. The lowest BCUT2D eigenvalue weighted by atomic mass is 10.1. The van der Waals surface area contributed by atoms with E-state index >= 15 is 0 Å². The molecule has 1 aromatic heterocycles. The van der Waals surface area contributed by atoms with Crippen molar-refractivity contribution in [3.63, 3.8) is 0 Å². The average molecular weight is 247 g/mol. The van der Waals surface area contributed by atoms with E-state index in [1.165, 1.54) is 0 Å². The summed E-state index contributed by atoms with van der Waals surface area (Å²) in [5.41, 5.74) is 1.13. The van der Waals surface area contributed by atoms with Crippen LogP contribution in [0.3, 0.4) is 0 Å². The Morgan fingerprint density at radius 1 is 1.56 bits per heavy atom. The predicted molar refractivity (Wildman–Crippen MR) is 71.2 cm³/mol. The van der Waals surface area contributed by atoms with Crippen LogP contribution < -0.4 is 5.32 Å². The summed E-state index contributed by atoms with van der Waals surface area (Å²) in [6, 6.07) is 4.35. The van der Waals surface area contributed by atoms with Crippen molar-refractivity contribution in [2.24, 2.45) is 0 Å². The molecule has 1 N–H and O–H groups in total. The highest BCUT2D eigenvalue weighted by atomic mass is 16.2. The van der Waals surface area contributed by atoms with E-state index in [0.29, 0.717) is 12.5 Å². The van der Waals surface area contributed by atoms with Gasteiger partial charge in [-0.3, -0.25) is 9.78 Å². The third-order valence-electron chi connectivity index (χ3n) is 3.34. The maximum absolute atomic E-state index is 12.2. The Balaban J connectivity index is 1.85. The highest BCUT2D eigenvalue weighted by Gasteiger charge is 2.27. The van der Waals surface area contributed by atoms with Crippen molar-refractivity contribution in [1.29, 1.82) is 0 Å². The molecule has 2 heterocycles. The van der Waals surface area contributed by atoms with Crippen molar-refractivity contribution >= 4 is 5.91 Å². The number of aromatic nitrogens is 1. The number of hydrogen-bond acceptors (Lipinski definition) is 3. The highest BCUT2D eigenvalue weighted by Crippen LogP contribution is 2.10. The Morgan fingerprint density at radius 2 is 2.39 bits per heavy atom. The van der Waals surface area contributed by atoms with Gasteiger partial charge < -0.3 is 10.2 Å². The smallest absolute Gasteiger partial charge is 0.223 e. The fourth-order valence-electron chi connectivity index (χ4n) is 2.19. The normalized spacial score (nSPS) is 15.2.